The summed E-state index contributed by atoms with van der Waals surface area (Å²) in [5, 5.41) is -1.96. The molecule has 0 atom stereocenters. The highest BCUT2D eigenvalue weighted by Gasteiger charge is 2.28. The van der Waals surface area contributed by atoms with Gasteiger partial charge in [-0.05, 0) is 0 Å². The Labute approximate surface area is 114 Å². The summed E-state index contributed by atoms with van der Waals surface area (Å²) >= 11 is 0. The highest BCUT2D eigenvalue weighted by Crippen LogP contribution is 2.34. The van der Waals surface area contributed by atoms with E-state index in [1.165, 1.54) is 0 Å². The summed E-state index contributed by atoms with van der Waals surface area (Å²) in [6.45, 7) is 0. The summed E-state index contributed by atoms with van der Waals surface area (Å²) in [6.07, 6.45) is 4.43. The predicted octanol–water partition coefficient (Wildman–Crippen LogP) is 3.14. The van der Waals surface area contributed by atoms with Crippen LogP contribution in [0.3, 0.4) is 0 Å². The van der Waals surface area contributed by atoms with Crippen LogP contribution in [-0.4, -0.2) is 12.6 Å². The molecule has 7 heteroatoms. The number of aldehydes is 2. The number of carbonyl (C=O) groups excluding carboxylic acids is 2. The van der Waals surface area contributed by atoms with E-state index in [9.17, 15) is 31.5 Å². The van der Waals surface area contributed by atoms with E-state index in [0.717, 1.165) is 0 Å². The van der Waals surface area contributed by atoms with Gasteiger partial charge in [0.2, 0.25) is 0 Å². The van der Waals surface area contributed by atoms with Crippen LogP contribution in [0.5, 0.6) is 0 Å². The Hall–Kier alpha value is -2.75. The van der Waals surface area contributed by atoms with Crippen molar-refractivity contribution in [3.63, 3.8) is 0 Å². The molecule has 0 bridgehead atoms. The third-order valence-corrected chi connectivity index (χ3v) is 2.91. The molecule has 0 N–H and O–H groups in total. The third kappa shape index (κ3) is 1.80. The average molecular weight is 298 g/mol. The monoisotopic (exact) mass is 298 g/mol. The number of rotatable bonds is 2. The van der Waals surface area contributed by atoms with Gasteiger partial charge in [-0.3, -0.25) is 9.59 Å². The lowest BCUT2D eigenvalue weighted by Crippen LogP contribution is -2.08. The van der Waals surface area contributed by atoms with Crippen LogP contribution in [0.1, 0.15) is 26.3 Å². The molecular formula is C14H3F5O2. The molecule has 0 spiro atoms. The predicted molar refractivity (Wildman–Crippen MR) is 62.4 cm³/mol. The number of benzene rings is 2. The van der Waals surface area contributed by atoms with Crippen LogP contribution in [0.4, 0.5) is 22.0 Å². The summed E-state index contributed by atoms with van der Waals surface area (Å²) in [5.41, 5.74) is -3.27. The van der Waals surface area contributed by atoms with E-state index in [0.29, 0.717) is 0 Å². The maximum absolute atomic E-state index is 13.8. The number of fused-ring (bicyclic) bond motifs is 1. The fraction of sp³-hybridized carbons (Fsp3) is 0. The lowest BCUT2D eigenvalue weighted by Gasteiger charge is -2.12. The second-order valence-electron chi connectivity index (χ2n) is 3.90. The molecule has 0 aliphatic heterocycles. The average Bonchev–Trinajstić information content (AvgIpc) is 2.48. The van der Waals surface area contributed by atoms with Gasteiger partial charge in [-0.2, -0.15) is 0 Å². The molecule has 2 nitrogen and oxygen atoms in total. The Morgan fingerprint density at radius 2 is 1.19 bits per heavy atom. The molecule has 2 rings (SSSR count). The minimum Gasteiger partial charge on any atom is -0.298 e. The number of halogens is 5. The van der Waals surface area contributed by atoms with E-state index < -0.39 is 56.5 Å². The summed E-state index contributed by atoms with van der Waals surface area (Å²) in [6, 6.07) is 0. The van der Waals surface area contributed by atoms with Gasteiger partial charge in [0, 0.05) is 10.8 Å². The molecule has 106 valence electrons. The van der Waals surface area contributed by atoms with E-state index in [-0.39, 0.29) is 12.6 Å². The van der Waals surface area contributed by atoms with Gasteiger partial charge < -0.3 is 0 Å². The standard InChI is InChI=1S/C14H3F5O2/c1-2-5-8-6(3-20)12(17)14(19)13(18)9(8)7(4-21)11(16)10(5)15/h1,3-4H. The Morgan fingerprint density at radius 1 is 0.714 bits per heavy atom. The molecular weight excluding hydrogens is 295 g/mol. The second-order valence-corrected chi connectivity index (χ2v) is 3.90. The van der Waals surface area contributed by atoms with Crippen molar-refractivity contribution < 1.29 is 31.5 Å². The van der Waals surface area contributed by atoms with Gasteiger partial charge in [0.25, 0.3) is 0 Å². The Morgan fingerprint density at radius 3 is 1.67 bits per heavy atom. The molecule has 0 unspecified atom stereocenters. The summed E-state index contributed by atoms with van der Waals surface area (Å²) in [4.78, 5) is 21.7. The smallest absolute Gasteiger partial charge is 0.195 e. The van der Waals surface area contributed by atoms with Crippen molar-refractivity contribution in [1.82, 2.24) is 0 Å². The maximum atomic E-state index is 13.8. The van der Waals surface area contributed by atoms with Crippen molar-refractivity contribution in [3.8, 4) is 12.3 Å². The van der Waals surface area contributed by atoms with E-state index in [1.807, 2.05) is 0 Å². The van der Waals surface area contributed by atoms with Gasteiger partial charge in [0.15, 0.2) is 41.7 Å². The first-order valence-corrected chi connectivity index (χ1v) is 5.28. The highest BCUT2D eigenvalue weighted by atomic mass is 19.2. The Bertz CT molecular complexity index is 850. The SMILES string of the molecule is C#Cc1c(F)c(F)c(C=O)c2c(F)c(F)c(F)c(C=O)c12. The fourth-order valence-corrected chi connectivity index (χ4v) is 2.00. The molecule has 0 amide bonds. The largest absolute Gasteiger partial charge is 0.298 e. The van der Waals surface area contributed by atoms with Crippen LogP contribution in [0.15, 0.2) is 0 Å². The van der Waals surface area contributed by atoms with Gasteiger partial charge in [-0.25, -0.2) is 22.0 Å². The van der Waals surface area contributed by atoms with Crippen LogP contribution in [0, 0.1) is 41.4 Å². The fourth-order valence-electron chi connectivity index (χ4n) is 2.00. The van der Waals surface area contributed by atoms with Crippen molar-refractivity contribution in [3.05, 3.63) is 45.8 Å². The summed E-state index contributed by atoms with van der Waals surface area (Å²) in [5.74, 6) is -7.86. The van der Waals surface area contributed by atoms with E-state index in [4.69, 9.17) is 6.42 Å². The molecule has 0 aromatic heterocycles. The normalized spacial score (nSPS) is 10.5. The van der Waals surface area contributed by atoms with Crippen LogP contribution >= 0.6 is 0 Å². The minimum absolute atomic E-state index is 0.229. The molecule has 0 aliphatic carbocycles. The third-order valence-electron chi connectivity index (χ3n) is 2.91. The number of hydrogen-bond acceptors (Lipinski definition) is 2. The zero-order chi connectivity index (χ0) is 15.9. The Balaban J connectivity index is 3.36. The molecule has 0 heterocycles. The van der Waals surface area contributed by atoms with Crippen molar-refractivity contribution in [2.45, 2.75) is 0 Å². The van der Waals surface area contributed by atoms with Crippen molar-refractivity contribution >= 4 is 23.3 Å². The van der Waals surface area contributed by atoms with E-state index in [2.05, 4.69) is 0 Å². The second kappa shape index (κ2) is 4.98. The zero-order valence-corrected chi connectivity index (χ0v) is 9.94. The number of terminal acetylenes is 1. The van der Waals surface area contributed by atoms with Gasteiger partial charge in [0.1, 0.15) is 0 Å². The van der Waals surface area contributed by atoms with Crippen LogP contribution < -0.4 is 0 Å². The highest BCUT2D eigenvalue weighted by molar-refractivity contribution is 6.08. The van der Waals surface area contributed by atoms with Crippen molar-refractivity contribution in [1.29, 1.82) is 0 Å². The summed E-state index contributed by atoms with van der Waals surface area (Å²) in [7, 11) is 0. The number of hydrogen-bond donors (Lipinski definition) is 0. The molecule has 0 saturated carbocycles. The maximum Gasteiger partial charge on any atom is 0.195 e. The van der Waals surface area contributed by atoms with Gasteiger partial charge >= 0.3 is 0 Å². The molecule has 0 aliphatic rings. The van der Waals surface area contributed by atoms with Gasteiger partial charge in [-0.1, -0.05) is 5.92 Å². The first-order chi connectivity index (χ1) is 9.90. The van der Waals surface area contributed by atoms with Crippen molar-refractivity contribution in [2.75, 3.05) is 0 Å². The van der Waals surface area contributed by atoms with Crippen molar-refractivity contribution in [2.24, 2.45) is 0 Å². The van der Waals surface area contributed by atoms with Crippen LogP contribution in [-0.2, 0) is 0 Å². The number of carbonyl (C=O) groups is 2. The lowest BCUT2D eigenvalue weighted by molar-refractivity contribution is 0.111. The van der Waals surface area contributed by atoms with Gasteiger partial charge in [-0.15, -0.1) is 6.42 Å². The first kappa shape index (κ1) is 14.7. The van der Waals surface area contributed by atoms with E-state index in [1.54, 1.807) is 5.92 Å². The molecule has 0 saturated heterocycles. The topological polar surface area (TPSA) is 34.1 Å². The first-order valence-electron chi connectivity index (χ1n) is 5.28. The van der Waals surface area contributed by atoms with Crippen LogP contribution in [0.2, 0.25) is 0 Å². The summed E-state index contributed by atoms with van der Waals surface area (Å²) < 4.78 is 68.1. The quantitative estimate of drug-likeness (QED) is 0.369. The molecule has 2 aromatic carbocycles. The Kier molecular flexibility index (Phi) is 3.47. The molecule has 21 heavy (non-hydrogen) atoms. The zero-order valence-electron chi connectivity index (χ0n) is 9.94. The van der Waals surface area contributed by atoms with E-state index >= 15 is 0 Å². The van der Waals surface area contributed by atoms with Crippen LogP contribution in [0.25, 0.3) is 10.8 Å². The molecule has 2 aromatic rings. The lowest BCUT2D eigenvalue weighted by atomic mass is 9.94. The molecule has 0 fully saturated rings. The van der Waals surface area contributed by atoms with Gasteiger partial charge in [0.05, 0.1) is 16.7 Å². The minimum atomic E-state index is -2.10. The molecule has 0 radical (unpaired) electrons.